The number of hydrogen-bond donors (Lipinski definition) is 2. The summed E-state index contributed by atoms with van der Waals surface area (Å²) in [4.78, 5) is 22.2. The van der Waals surface area contributed by atoms with Crippen LogP contribution in [0, 0.1) is 0 Å². The third kappa shape index (κ3) is 12.0. The van der Waals surface area contributed by atoms with Crippen molar-refractivity contribution in [1.29, 1.82) is 0 Å². The maximum absolute atomic E-state index is 11.1. The lowest BCUT2D eigenvalue weighted by molar-refractivity contribution is 0.256. The smallest absolute Gasteiger partial charge is 0.306 e. The third-order valence-electron chi connectivity index (χ3n) is 1.65. The van der Waals surface area contributed by atoms with Gasteiger partial charge in [-0.05, 0) is 26.7 Å². The fourth-order valence-electron chi connectivity index (χ4n) is 0.915. The number of carbonyl (C=O) groups excluding carboxylic acids is 2. The van der Waals surface area contributed by atoms with E-state index in [2.05, 4.69) is 10.6 Å². The highest BCUT2D eigenvalue weighted by atomic mass is 32.2. The summed E-state index contributed by atoms with van der Waals surface area (Å²) in [6.07, 6.45) is 1.61. The van der Waals surface area contributed by atoms with Gasteiger partial charge < -0.3 is 19.0 Å². The molecule has 2 N–H and O–H groups in total. The Morgan fingerprint density at radius 1 is 0.889 bits per heavy atom. The first-order valence-electron chi connectivity index (χ1n) is 5.85. The molecular weight excluding hydrogens is 276 g/mol. The van der Waals surface area contributed by atoms with E-state index in [1.54, 1.807) is 0 Å². The van der Waals surface area contributed by atoms with Gasteiger partial charge in [0.2, 0.25) is 0 Å². The van der Waals surface area contributed by atoms with Gasteiger partial charge in [0.25, 0.3) is 0 Å². The fourth-order valence-corrected chi connectivity index (χ4v) is 1.69. The Kier molecular flexibility index (Phi) is 12.7. The highest BCUT2D eigenvalue weighted by molar-refractivity contribution is 8.09. The average molecular weight is 296 g/mol. The van der Waals surface area contributed by atoms with Crippen LogP contribution < -0.4 is 10.6 Å². The van der Waals surface area contributed by atoms with E-state index in [1.165, 1.54) is 0 Å². The number of nitrogens with one attached hydrogen (secondary N) is 2. The minimum absolute atomic E-state index is 0.187. The summed E-state index contributed by atoms with van der Waals surface area (Å²) in [5.41, 5.74) is 0. The van der Waals surface area contributed by atoms with E-state index in [1.807, 2.05) is 13.8 Å². The lowest BCUT2D eigenvalue weighted by Crippen LogP contribution is -2.23. The van der Waals surface area contributed by atoms with Crippen LogP contribution in [0.5, 0.6) is 0 Å². The number of amides is 2. The molecule has 0 spiro atoms. The third-order valence-corrected chi connectivity index (χ3v) is 2.95. The molecule has 0 fully saturated rings. The molecule has 0 aliphatic carbocycles. The van der Waals surface area contributed by atoms with Crippen LogP contribution in [-0.2, 0) is 8.37 Å². The second-order valence-electron chi connectivity index (χ2n) is 3.12. The second kappa shape index (κ2) is 13.0. The van der Waals surface area contributed by atoms with Crippen LogP contribution in [0.3, 0.4) is 0 Å². The Bertz CT molecular complexity index is 218. The van der Waals surface area contributed by atoms with Gasteiger partial charge in [-0.3, -0.25) is 9.59 Å². The molecule has 0 saturated heterocycles. The molecule has 0 aromatic heterocycles. The summed E-state index contributed by atoms with van der Waals surface area (Å²) in [5, 5.41) is 5.02. The van der Waals surface area contributed by atoms with Gasteiger partial charge in [-0.2, -0.15) is 0 Å². The average Bonchev–Trinajstić information content (AvgIpc) is 2.37. The van der Waals surface area contributed by atoms with Crippen molar-refractivity contribution in [2.45, 2.75) is 26.7 Å². The predicted octanol–water partition coefficient (Wildman–Crippen LogP) is 2.56. The molecule has 0 aromatic rings. The first kappa shape index (κ1) is 17.6. The monoisotopic (exact) mass is 296 g/mol. The summed E-state index contributed by atoms with van der Waals surface area (Å²) < 4.78 is 9.75. The molecule has 0 radical (unpaired) electrons. The maximum Gasteiger partial charge on any atom is 0.306 e. The molecule has 8 heteroatoms. The molecule has 106 valence electrons. The van der Waals surface area contributed by atoms with Gasteiger partial charge in [0.05, 0.1) is 37.3 Å². The summed E-state index contributed by atoms with van der Waals surface area (Å²) in [7, 11) is 0. The Hall–Kier alpha value is -0.440. The number of unbranched alkanes of at least 4 members (excludes halogenated alkanes) is 1. The van der Waals surface area contributed by atoms with Crippen LogP contribution in [0.1, 0.15) is 26.7 Å². The zero-order valence-corrected chi connectivity index (χ0v) is 12.3. The first-order chi connectivity index (χ1) is 8.70. The van der Waals surface area contributed by atoms with Crippen molar-refractivity contribution in [3.8, 4) is 0 Å². The van der Waals surface area contributed by atoms with Crippen LogP contribution in [0.25, 0.3) is 0 Å². The Morgan fingerprint density at radius 2 is 1.28 bits per heavy atom. The van der Waals surface area contributed by atoms with Crippen molar-refractivity contribution >= 4 is 34.6 Å². The molecule has 0 saturated carbocycles. The van der Waals surface area contributed by atoms with Gasteiger partial charge in [-0.15, -0.1) is 0 Å². The molecule has 6 nitrogen and oxygen atoms in total. The zero-order valence-electron chi connectivity index (χ0n) is 10.7. The highest BCUT2D eigenvalue weighted by Gasteiger charge is 2.02. The quantitative estimate of drug-likeness (QED) is 0.503. The van der Waals surface area contributed by atoms with Gasteiger partial charge in [0.1, 0.15) is 0 Å². The summed E-state index contributed by atoms with van der Waals surface area (Å²) in [6, 6.07) is 0. The van der Waals surface area contributed by atoms with Crippen molar-refractivity contribution in [3.63, 3.8) is 0 Å². The van der Waals surface area contributed by atoms with E-state index in [4.69, 9.17) is 8.37 Å². The van der Waals surface area contributed by atoms with Crippen LogP contribution >= 0.6 is 24.1 Å². The van der Waals surface area contributed by atoms with Crippen molar-refractivity contribution in [2.24, 2.45) is 0 Å². The Labute approximate surface area is 116 Å². The van der Waals surface area contributed by atoms with E-state index < -0.39 is 0 Å². The number of rotatable bonds is 9. The molecule has 0 rings (SSSR count). The molecule has 0 atom stereocenters. The lowest BCUT2D eigenvalue weighted by atomic mass is 10.3. The Morgan fingerprint density at radius 3 is 1.61 bits per heavy atom. The summed E-state index contributed by atoms with van der Waals surface area (Å²) >= 11 is 1.63. The second-order valence-corrected chi connectivity index (χ2v) is 4.66. The highest BCUT2D eigenvalue weighted by Crippen LogP contribution is 2.03. The molecule has 0 unspecified atom stereocenters. The van der Waals surface area contributed by atoms with Crippen LogP contribution in [0.4, 0.5) is 9.59 Å². The molecular formula is C10H20N2O4S2. The largest absolute Gasteiger partial charge is 0.345 e. The topological polar surface area (TPSA) is 76.7 Å². The minimum Gasteiger partial charge on any atom is -0.345 e. The molecule has 0 heterocycles. The summed E-state index contributed by atoms with van der Waals surface area (Å²) in [5.74, 6) is 0. The van der Waals surface area contributed by atoms with E-state index in [-0.39, 0.29) is 10.5 Å². The SMILES string of the molecule is CCOSC(=O)NCCCCNC(=O)SOCC. The van der Waals surface area contributed by atoms with Crippen LogP contribution in [-0.4, -0.2) is 36.8 Å². The van der Waals surface area contributed by atoms with Gasteiger partial charge in [-0.25, -0.2) is 0 Å². The van der Waals surface area contributed by atoms with E-state index in [0.29, 0.717) is 26.3 Å². The van der Waals surface area contributed by atoms with Crippen molar-refractivity contribution in [1.82, 2.24) is 10.6 Å². The maximum atomic E-state index is 11.1. The molecule has 0 bridgehead atoms. The first-order valence-corrected chi connectivity index (χ1v) is 7.33. The van der Waals surface area contributed by atoms with Gasteiger partial charge in [0, 0.05) is 13.1 Å². The zero-order chi connectivity index (χ0) is 13.6. The van der Waals surface area contributed by atoms with E-state index in [0.717, 1.165) is 36.9 Å². The molecule has 2 amide bonds. The molecule has 0 aliphatic rings. The van der Waals surface area contributed by atoms with E-state index >= 15 is 0 Å². The van der Waals surface area contributed by atoms with Crippen molar-refractivity contribution in [2.75, 3.05) is 26.3 Å². The van der Waals surface area contributed by atoms with Crippen molar-refractivity contribution < 1.29 is 18.0 Å². The normalized spacial score (nSPS) is 10.1. The predicted molar refractivity (Wildman–Crippen MR) is 74.5 cm³/mol. The summed E-state index contributed by atoms with van der Waals surface area (Å²) in [6.45, 7) is 5.80. The Balaban J connectivity index is 3.25. The molecule has 0 aliphatic heterocycles. The number of hydrogen-bond acceptors (Lipinski definition) is 6. The number of carbonyl (C=O) groups is 2. The lowest BCUT2D eigenvalue weighted by Gasteiger charge is -2.05. The van der Waals surface area contributed by atoms with Crippen LogP contribution in [0.15, 0.2) is 0 Å². The van der Waals surface area contributed by atoms with E-state index in [9.17, 15) is 9.59 Å². The molecule has 0 aromatic carbocycles. The molecule has 18 heavy (non-hydrogen) atoms. The minimum atomic E-state index is -0.187. The van der Waals surface area contributed by atoms with Crippen LogP contribution in [0.2, 0.25) is 0 Å². The standard InChI is InChI=1S/C10H20N2O4S2/c1-3-15-17-9(13)11-7-5-6-8-12-10(14)18-16-4-2/h3-8H2,1-2H3,(H,11,13)(H,12,14). The van der Waals surface area contributed by atoms with Gasteiger partial charge in [0.15, 0.2) is 0 Å². The van der Waals surface area contributed by atoms with Gasteiger partial charge in [-0.1, -0.05) is 0 Å². The van der Waals surface area contributed by atoms with Crippen molar-refractivity contribution in [3.05, 3.63) is 0 Å². The fraction of sp³-hybridized carbons (Fsp3) is 0.800. The van der Waals surface area contributed by atoms with Gasteiger partial charge >= 0.3 is 10.5 Å².